The van der Waals surface area contributed by atoms with Crippen molar-refractivity contribution < 1.29 is 4.79 Å². The van der Waals surface area contributed by atoms with Crippen LogP contribution in [0.25, 0.3) is 0 Å². The molecule has 3 rings (SSSR count). The lowest BCUT2D eigenvalue weighted by atomic mass is 10.0. The van der Waals surface area contributed by atoms with Gasteiger partial charge in [-0.15, -0.1) is 0 Å². The van der Waals surface area contributed by atoms with Crippen molar-refractivity contribution in [3.63, 3.8) is 0 Å². The number of carbonyl (C=O) groups is 1. The van der Waals surface area contributed by atoms with Crippen LogP contribution in [0, 0.1) is 11.3 Å². The highest BCUT2D eigenvalue weighted by Gasteiger charge is 2.53. The summed E-state index contributed by atoms with van der Waals surface area (Å²) < 4.78 is 0. The predicted octanol–water partition coefficient (Wildman–Crippen LogP) is 2.12. The molecule has 0 heterocycles. The molecule has 1 aromatic carbocycles. The van der Waals surface area contributed by atoms with Crippen LogP contribution in [0.15, 0.2) is 24.3 Å². The molecule has 2 aliphatic carbocycles. The van der Waals surface area contributed by atoms with E-state index in [1.165, 1.54) is 25.7 Å². The fourth-order valence-electron chi connectivity index (χ4n) is 2.74. The molecule has 96 valence electrons. The summed E-state index contributed by atoms with van der Waals surface area (Å²) in [6.07, 6.45) is 5.81. The van der Waals surface area contributed by atoms with Gasteiger partial charge in [0.15, 0.2) is 0 Å². The van der Waals surface area contributed by atoms with Crippen molar-refractivity contribution in [1.82, 2.24) is 5.32 Å². The average molecular weight is 244 g/mol. The van der Waals surface area contributed by atoms with E-state index in [0.717, 1.165) is 23.7 Å². The van der Waals surface area contributed by atoms with Gasteiger partial charge in [0, 0.05) is 12.2 Å². The van der Waals surface area contributed by atoms with Crippen molar-refractivity contribution in [3.8, 4) is 0 Å². The van der Waals surface area contributed by atoms with E-state index in [1.54, 1.807) is 0 Å². The third-order valence-corrected chi connectivity index (χ3v) is 4.32. The number of benzene rings is 1. The zero-order valence-corrected chi connectivity index (χ0v) is 10.6. The summed E-state index contributed by atoms with van der Waals surface area (Å²) in [7, 11) is 0. The molecular formula is C15H20N2O. The summed E-state index contributed by atoms with van der Waals surface area (Å²) in [5.74, 6) is 1.03. The monoisotopic (exact) mass is 244 g/mol. The molecule has 3 nitrogen and oxygen atoms in total. The Balaban J connectivity index is 1.48. The number of carbonyl (C=O) groups excluding carboxylic acids is 1. The molecule has 18 heavy (non-hydrogen) atoms. The maximum Gasteiger partial charge on any atom is 0.224 e. The predicted molar refractivity (Wildman–Crippen MR) is 72.0 cm³/mol. The minimum absolute atomic E-state index is 0.131. The van der Waals surface area contributed by atoms with Crippen molar-refractivity contribution in [2.45, 2.75) is 32.1 Å². The van der Waals surface area contributed by atoms with Gasteiger partial charge in [0.1, 0.15) is 0 Å². The van der Waals surface area contributed by atoms with Gasteiger partial charge >= 0.3 is 0 Å². The quantitative estimate of drug-likeness (QED) is 0.779. The Morgan fingerprint density at radius 1 is 1.28 bits per heavy atom. The van der Waals surface area contributed by atoms with Gasteiger partial charge < -0.3 is 11.1 Å². The lowest BCUT2D eigenvalue weighted by molar-refractivity contribution is -0.120. The summed E-state index contributed by atoms with van der Waals surface area (Å²) >= 11 is 0. The van der Waals surface area contributed by atoms with Crippen molar-refractivity contribution in [2.75, 3.05) is 12.3 Å². The van der Waals surface area contributed by atoms with Crippen LogP contribution in [0.2, 0.25) is 0 Å². The topological polar surface area (TPSA) is 55.1 Å². The maximum atomic E-state index is 11.9. The Hall–Kier alpha value is -1.51. The molecule has 0 radical (unpaired) electrons. The maximum absolute atomic E-state index is 11.9. The Kier molecular flexibility index (Phi) is 2.77. The normalized spacial score (nSPS) is 20.4. The summed E-state index contributed by atoms with van der Waals surface area (Å²) in [5, 5.41) is 3.10. The summed E-state index contributed by atoms with van der Waals surface area (Å²) in [6.45, 7) is 0.880. The van der Waals surface area contributed by atoms with E-state index in [0.29, 0.717) is 11.8 Å². The van der Waals surface area contributed by atoms with Crippen LogP contribution < -0.4 is 11.1 Å². The molecule has 1 aromatic rings. The van der Waals surface area contributed by atoms with E-state index in [9.17, 15) is 4.79 Å². The lowest BCUT2D eigenvalue weighted by Crippen LogP contribution is -2.32. The van der Waals surface area contributed by atoms with Gasteiger partial charge in [0.05, 0.1) is 6.42 Å². The Labute approximate surface area is 108 Å². The highest BCUT2D eigenvalue weighted by atomic mass is 16.1. The summed E-state index contributed by atoms with van der Waals surface area (Å²) in [4.78, 5) is 11.9. The van der Waals surface area contributed by atoms with E-state index in [2.05, 4.69) is 5.32 Å². The van der Waals surface area contributed by atoms with Crippen LogP contribution >= 0.6 is 0 Å². The standard InChI is InChI=1S/C15H20N2O/c16-13-5-1-11(2-6-13)9-14(18)17-10-15(7-8-15)12-3-4-12/h1-2,5-6,12H,3-4,7-10,16H2,(H,17,18). The molecule has 0 spiro atoms. The molecule has 0 aromatic heterocycles. The Bertz CT molecular complexity index is 444. The van der Waals surface area contributed by atoms with Crippen LogP contribution in [0.4, 0.5) is 5.69 Å². The van der Waals surface area contributed by atoms with Crippen LogP contribution in [-0.2, 0) is 11.2 Å². The molecule has 1 amide bonds. The summed E-state index contributed by atoms with van der Waals surface area (Å²) in [6, 6.07) is 7.52. The first-order valence-corrected chi connectivity index (χ1v) is 6.79. The smallest absolute Gasteiger partial charge is 0.224 e. The van der Waals surface area contributed by atoms with E-state index < -0.39 is 0 Å². The first-order valence-electron chi connectivity index (χ1n) is 6.79. The fraction of sp³-hybridized carbons (Fsp3) is 0.533. The number of nitrogens with two attached hydrogens (primary N) is 1. The molecule has 2 aliphatic rings. The molecule has 0 aliphatic heterocycles. The van der Waals surface area contributed by atoms with E-state index in [4.69, 9.17) is 5.73 Å². The molecule has 0 saturated heterocycles. The molecule has 2 fully saturated rings. The zero-order chi connectivity index (χ0) is 12.6. The lowest BCUT2D eigenvalue weighted by Gasteiger charge is -2.14. The fourth-order valence-corrected chi connectivity index (χ4v) is 2.74. The second kappa shape index (κ2) is 4.30. The molecule has 2 saturated carbocycles. The number of rotatable bonds is 5. The number of amides is 1. The third-order valence-electron chi connectivity index (χ3n) is 4.32. The number of nitrogens with one attached hydrogen (secondary N) is 1. The second-order valence-corrected chi connectivity index (χ2v) is 5.83. The number of anilines is 1. The van der Waals surface area contributed by atoms with E-state index >= 15 is 0 Å². The van der Waals surface area contributed by atoms with E-state index in [1.807, 2.05) is 24.3 Å². The van der Waals surface area contributed by atoms with Crippen LogP contribution in [0.3, 0.4) is 0 Å². The second-order valence-electron chi connectivity index (χ2n) is 5.83. The van der Waals surface area contributed by atoms with Gasteiger partial charge in [-0.2, -0.15) is 0 Å². The van der Waals surface area contributed by atoms with Crippen molar-refractivity contribution in [3.05, 3.63) is 29.8 Å². The van der Waals surface area contributed by atoms with Crippen molar-refractivity contribution >= 4 is 11.6 Å². The minimum atomic E-state index is 0.131. The van der Waals surface area contributed by atoms with E-state index in [-0.39, 0.29) is 5.91 Å². The minimum Gasteiger partial charge on any atom is -0.399 e. The van der Waals surface area contributed by atoms with Crippen molar-refractivity contribution in [2.24, 2.45) is 11.3 Å². The molecular weight excluding hydrogens is 224 g/mol. The first-order chi connectivity index (χ1) is 8.68. The van der Waals surface area contributed by atoms with Crippen LogP contribution in [0.5, 0.6) is 0 Å². The van der Waals surface area contributed by atoms with Gasteiger partial charge in [-0.05, 0) is 54.7 Å². The largest absolute Gasteiger partial charge is 0.399 e. The van der Waals surface area contributed by atoms with Crippen LogP contribution in [-0.4, -0.2) is 12.5 Å². The molecule has 0 unspecified atom stereocenters. The highest BCUT2D eigenvalue weighted by molar-refractivity contribution is 5.78. The van der Waals surface area contributed by atoms with Crippen LogP contribution in [0.1, 0.15) is 31.2 Å². The first kappa shape index (κ1) is 11.6. The number of nitrogen functional groups attached to an aromatic ring is 1. The van der Waals surface area contributed by atoms with Gasteiger partial charge in [0.2, 0.25) is 5.91 Å². The molecule has 3 heteroatoms. The molecule has 0 atom stereocenters. The number of hydrogen-bond acceptors (Lipinski definition) is 2. The molecule has 3 N–H and O–H groups in total. The average Bonchev–Trinajstić information content (AvgIpc) is 3.22. The Morgan fingerprint density at radius 2 is 1.94 bits per heavy atom. The third kappa shape index (κ3) is 2.50. The zero-order valence-electron chi connectivity index (χ0n) is 10.6. The van der Waals surface area contributed by atoms with Crippen molar-refractivity contribution in [1.29, 1.82) is 0 Å². The van der Waals surface area contributed by atoms with Gasteiger partial charge in [-0.25, -0.2) is 0 Å². The van der Waals surface area contributed by atoms with Gasteiger partial charge in [-0.1, -0.05) is 12.1 Å². The highest BCUT2D eigenvalue weighted by Crippen LogP contribution is 2.60. The molecule has 0 bridgehead atoms. The number of hydrogen-bond donors (Lipinski definition) is 2. The SMILES string of the molecule is Nc1ccc(CC(=O)NCC2(C3CC3)CC2)cc1. The Morgan fingerprint density at radius 3 is 2.50 bits per heavy atom. The van der Waals surface area contributed by atoms with Gasteiger partial charge in [-0.3, -0.25) is 4.79 Å². The summed E-state index contributed by atoms with van der Waals surface area (Å²) in [5.41, 5.74) is 7.87. The van der Waals surface area contributed by atoms with Gasteiger partial charge in [0.25, 0.3) is 0 Å².